The van der Waals surface area contributed by atoms with Crippen LogP contribution in [0.1, 0.15) is 40.2 Å². The fraction of sp³-hybridized carbons (Fsp3) is 0.476. The second-order valence-electron chi connectivity index (χ2n) is 7.36. The molecule has 0 saturated carbocycles. The third-order valence-corrected chi connectivity index (χ3v) is 3.59. The number of likely N-dealkylation sites (N-methyl/N-ethyl adjacent to an activating group) is 1. The van der Waals surface area contributed by atoms with Gasteiger partial charge in [-0.2, -0.15) is 0 Å². The molecule has 0 heterocycles. The van der Waals surface area contributed by atoms with Gasteiger partial charge >= 0.3 is 5.97 Å². The summed E-state index contributed by atoms with van der Waals surface area (Å²) in [6, 6.07) is 7.09. The molecule has 154 valence electrons. The molecule has 1 rings (SSSR count). The second-order valence-corrected chi connectivity index (χ2v) is 7.36. The topological polar surface area (TPSA) is 87.7 Å². The van der Waals surface area contributed by atoms with E-state index in [0.717, 1.165) is 5.56 Å². The molecule has 2 N–H and O–H groups in total. The second kappa shape index (κ2) is 11.2. The molecule has 0 saturated heterocycles. The molecule has 0 aliphatic heterocycles. The van der Waals surface area contributed by atoms with Crippen molar-refractivity contribution in [3.05, 3.63) is 35.9 Å². The van der Waals surface area contributed by atoms with Crippen LogP contribution < -0.4 is 10.6 Å². The lowest BCUT2D eigenvalue weighted by atomic mass is 10.1. The third-order valence-electron chi connectivity index (χ3n) is 3.59. The summed E-state index contributed by atoms with van der Waals surface area (Å²) >= 11 is 0. The first-order valence-electron chi connectivity index (χ1n) is 9.41. The number of rotatable bonds is 9. The maximum atomic E-state index is 12.3. The van der Waals surface area contributed by atoms with Crippen LogP contribution in [0.15, 0.2) is 30.3 Å². The Morgan fingerprint density at radius 1 is 1.04 bits per heavy atom. The van der Waals surface area contributed by atoms with Crippen molar-refractivity contribution in [2.24, 2.45) is 0 Å². The number of esters is 1. The Balaban J connectivity index is 2.55. The fourth-order valence-corrected chi connectivity index (χ4v) is 2.38. The molecule has 1 aromatic carbocycles. The van der Waals surface area contributed by atoms with Gasteiger partial charge in [-0.25, -0.2) is 4.79 Å². The van der Waals surface area contributed by atoms with Crippen molar-refractivity contribution in [3.8, 4) is 0 Å². The van der Waals surface area contributed by atoms with E-state index < -0.39 is 5.97 Å². The van der Waals surface area contributed by atoms with Crippen LogP contribution in [0.3, 0.4) is 0 Å². The van der Waals surface area contributed by atoms with Crippen LogP contribution in [0.5, 0.6) is 0 Å². The minimum Gasteiger partial charge on any atom is -0.463 e. The summed E-state index contributed by atoms with van der Waals surface area (Å²) in [7, 11) is 0. The SMILES string of the molecule is CCOC(=O)/C=C/c1ccc(NC(=O)CN(CC)CC(=O)NC(C)(C)C)cc1. The van der Waals surface area contributed by atoms with Gasteiger partial charge in [0, 0.05) is 17.3 Å². The van der Waals surface area contributed by atoms with Crippen LogP contribution in [0.4, 0.5) is 5.69 Å². The number of benzene rings is 1. The molecule has 2 amide bonds. The molecule has 0 aliphatic carbocycles. The number of nitrogens with one attached hydrogen (secondary N) is 2. The monoisotopic (exact) mass is 389 g/mol. The first-order chi connectivity index (χ1) is 13.1. The molecule has 0 fully saturated rings. The molecule has 0 aromatic heterocycles. The molecule has 0 bridgehead atoms. The summed E-state index contributed by atoms with van der Waals surface area (Å²) in [4.78, 5) is 37.4. The zero-order valence-corrected chi connectivity index (χ0v) is 17.4. The molecular weight excluding hydrogens is 358 g/mol. The van der Waals surface area contributed by atoms with Crippen molar-refractivity contribution in [2.45, 2.75) is 40.2 Å². The molecular formula is C21H31N3O4. The van der Waals surface area contributed by atoms with Crippen molar-refractivity contribution < 1.29 is 19.1 Å². The number of carbonyl (C=O) groups excluding carboxylic acids is 3. The van der Waals surface area contributed by atoms with Crippen molar-refractivity contribution in [3.63, 3.8) is 0 Å². The highest BCUT2D eigenvalue weighted by Crippen LogP contribution is 2.11. The summed E-state index contributed by atoms with van der Waals surface area (Å²) in [5, 5.41) is 5.70. The molecule has 0 radical (unpaired) electrons. The van der Waals surface area contributed by atoms with Gasteiger partial charge in [0.25, 0.3) is 0 Å². The van der Waals surface area contributed by atoms with Gasteiger partial charge in [0.15, 0.2) is 0 Å². The van der Waals surface area contributed by atoms with Crippen LogP contribution in [0.2, 0.25) is 0 Å². The Kier molecular flexibility index (Phi) is 9.38. The number of amides is 2. The summed E-state index contributed by atoms with van der Waals surface area (Å²) in [6.45, 7) is 10.6. The highest BCUT2D eigenvalue weighted by molar-refractivity contribution is 5.93. The number of ether oxygens (including phenoxy) is 1. The van der Waals surface area contributed by atoms with Gasteiger partial charge in [0.1, 0.15) is 0 Å². The van der Waals surface area contributed by atoms with E-state index in [1.54, 1.807) is 42.2 Å². The standard InChI is InChI=1S/C21H31N3O4/c1-6-24(15-19(26)23-21(3,4)5)14-18(25)22-17-11-8-16(9-12-17)10-13-20(27)28-7-2/h8-13H,6-7,14-15H2,1-5H3,(H,22,25)(H,23,26)/b13-10+. The van der Waals surface area contributed by atoms with Crippen LogP contribution >= 0.6 is 0 Å². The summed E-state index contributed by atoms with van der Waals surface area (Å²) in [6.07, 6.45) is 3.01. The number of hydrogen-bond donors (Lipinski definition) is 2. The van der Waals surface area contributed by atoms with E-state index in [2.05, 4.69) is 10.6 Å². The van der Waals surface area contributed by atoms with Crippen molar-refractivity contribution in [2.75, 3.05) is 31.6 Å². The molecule has 0 unspecified atom stereocenters. The maximum Gasteiger partial charge on any atom is 0.330 e. The predicted octanol–water partition coefficient (Wildman–Crippen LogP) is 2.44. The number of nitrogens with zero attached hydrogens (tertiary/aromatic N) is 1. The Labute approximate surface area is 167 Å². The van der Waals surface area contributed by atoms with Gasteiger partial charge in [0.2, 0.25) is 11.8 Å². The fourth-order valence-electron chi connectivity index (χ4n) is 2.38. The van der Waals surface area contributed by atoms with Gasteiger partial charge in [-0.15, -0.1) is 0 Å². The average Bonchev–Trinajstić information content (AvgIpc) is 2.59. The molecule has 0 spiro atoms. The van der Waals surface area contributed by atoms with Crippen LogP contribution in [0, 0.1) is 0 Å². The van der Waals surface area contributed by atoms with Crippen LogP contribution in [0.25, 0.3) is 6.08 Å². The van der Waals surface area contributed by atoms with Crippen LogP contribution in [-0.4, -0.2) is 54.5 Å². The van der Waals surface area contributed by atoms with E-state index in [1.807, 2.05) is 27.7 Å². The van der Waals surface area contributed by atoms with Crippen molar-refractivity contribution >= 4 is 29.5 Å². The third kappa shape index (κ3) is 9.87. The Bertz CT molecular complexity index is 691. The largest absolute Gasteiger partial charge is 0.463 e. The lowest BCUT2D eigenvalue weighted by Crippen LogP contribution is -2.47. The number of hydrogen-bond acceptors (Lipinski definition) is 5. The zero-order chi connectivity index (χ0) is 21.2. The number of anilines is 1. The molecule has 0 atom stereocenters. The van der Waals surface area contributed by atoms with Crippen molar-refractivity contribution in [1.29, 1.82) is 0 Å². The minimum atomic E-state index is -0.393. The Morgan fingerprint density at radius 2 is 1.64 bits per heavy atom. The number of carbonyl (C=O) groups is 3. The normalized spacial score (nSPS) is 11.5. The molecule has 7 nitrogen and oxygen atoms in total. The lowest BCUT2D eigenvalue weighted by Gasteiger charge is -2.24. The van der Waals surface area contributed by atoms with Gasteiger partial charge in [0.05, 0.1) is 19.7 Å². The van der Waals surface area contributed by atoms with E-state index in [0.29, 0.717) is 18.8 Å². The molecule has 28 heavy (non-hydrogen) atoms. The van der Waals surface area contributed by atoms with E-state index in [9.17, 15) is 14.4 Å². The first-order valence-corrected chi connectivity index (χ1v) is 9.41. The minimum absolute atomic E-state index is 0.111. The van der Waals surface area contributed by atoms with Gasteiger partial charge < -0.3 is 15.4 Å². The molecule has 0 aliphatic rings. The Morgan fingerprint density at radius 3 is 2.18 bits per heavy atom. The maximum absolute atomic E-state index is 12.3. The Hall–Kier alpha value is -2.67. The highest BCUT2D eigenvalue weighted by Gasteiger charge is 2.17. The molecule has 7 heteroatoms. The summed E-state index contributed by atoms with van der Waals surface area (Å²) < 4.78 is 4.83. The zero-order valence-electron chi connectivity index (χ0n) is 17.4. The smallest absolute Gasteiger partial charge is 0.330 e. The summed E-state index contributed by atoms with van der Waals surface area (Å²) in [5.74, 6) is -0.699. The van der Waals surface area contributed by atoms with E-state index in [4.69, 9.17) is 4.74 Å². The van der Waals surface area contributed by atoms with E-state index in [-0.39, 0.29) is 30.4 Å². The van der Waals surface area contributed by atoms with E-state index in [1.165, 1.54) is 6.08 Å². The van der Waals surface area contributed by atoms with Gasteiger partial charge in [-0.1, -0.05) is 19.1 Å². The summed E-state index contributed by atoms with van der Waals surface area (Å²) in [5.41, 5.74) is 1.16. The van der Waals surface area contributed by atoms with E-state index >= 15 is 0 Å². The molecule has 1 aromatic rings. The highest BCUT2D eigenvalue weighted by atomic mass is 16.5. The van der Waals surface area contributed by atoms with Crippen LogP contribution in [-0.2, 0) is 19.1 Å². The van der Waals surface area contributed by atoms with Gasteiger partial charge in [-0.3, -0.25) is 14.5 Å². The quantitative estimate of drug-likeness (QED) is 0.500. The van der Waals surface area contributed by atoms with Crippen molar-refractivity contribution in [1.82, 2.24) is 10.2 Å². The predicted molar refractivity (Wildman–Crippen MR) is 111 cm³/mol. The average molecular weight is 389 g/mol. The first kappa shape index (κ1) is 23.4. The lowest BCUT2D eigenvalue weighted by molar-refractivity contribution is -0.137. The van der Waals surface area contributed by atoms with Gasteiger partial charge in [-0.05, 0) is 58.0 Å².